The van der Waals surface area contributed by atoms with Crippen molar-refractivity contribution in [2.75, 3.05) is 0 Å². The van der Waals surface area contributed by atoms with Gasteiger partial charge < -0.3 is 25.3 Å². The Hall–Kier alpha value is -1.24. The molecule has 5 atom stereocenters. The third kappa shape index (κ3) is 2.20. The minimum atomic E-state index is -0.425. The maximum absolute atomic E-state index is 9.63. The lowest BCUT2D eigenvalue weighted by Crippen LogP contribution is -2.65. The van der Waals surface area contributed by atoms with Crippen LogP contribution in [0, 0.1) is 17.3 Å². The van der Waals surface area contributed by atoms with Crippen molar-refractivity contribution in [1.29, 1.82) is 0 Å². The molecule has 2 bridgehead atoms. The molecule has 4 aliphatic rings. The van der Waals surface area contributed by atoms with Gasteiger partial charge in [0.1, 0.15) is 0 Å². The van der Waals surface area contributed by atoms with E-state index in [1.807, 2.05) is 0 Å². The van der Waals surface area contributed by atoms with Crippen molar-refractivity contribution in [2.45, 2.75) is 57.7 Å². The van der Waals surface area contributed by atoms with Gasteiger partial charge in [-0.05, 0) is 61.1 Å². The largest absolute Gasteiger partial charge is 0.504 e. The van der Waals surface area contributed by atoms with E-state index in [0.29, 0.717) is 23.7 Å². The van der Waals surface area contributed by atoms with Gasteiger partial charge in [0.15, 0.2) is 11.5 Å². The summed E-state index contributed by atoms with van der Waals surface area (Å²) in [6, 6.07) is 4.78. The number of rotatable bonds is 3. The van der Waals surface area contributed by atoms with Crippen molar-refractivity contribution >= 4 is 7.12 Å². The molecule has 0 radical (unpaired) electrons. The summed E-state index contributed by atoms with van der Waals surface area (Å²) in [6.45, 7) is 6.85. The van der Waals surface area contributed by atoms with E-state index in [0.717, 1.165) is 12.0 Å². The van der Waals surface area contributed by atoms with Gasteiger partial charge in [-0.3, -0.25) is 0 Å². The average molecular weight is 331 g/mol. The Balaban J connectivity index is 1.47. The number of phenolic OH excluding ortho intramolecular Hbond substituents is 2. The van der Waals surface area contributed by atoms with Gasteiger partial charge in [0.2, 0.25) is 0 Å². The van der Waals surface area contributed by atoms with Crippen LogP contribution in [0.15, 0.2) is 18.2 Å². The highest BCUT2D eigenvalue weighted by Crippen LogP contribution is 2.65. The van der Waals surface area contributed by atoms with Gasteiger partial charge in [-0.1, -0.05) is 19.9 Å². The Bertz CT molecular complexity index is 666. The fourth-order valence-electron chi connectivity index (χ4n) is 5.15. The first-order valence-electron chi connectivity index (χ1n) is 8.81. The number of aromatic hydroxyl groups is 2. The second-order valence-electron chi connectivity index (χ2n) is 8.53. The molecule has 5 nitrogen and oxygen atoms in total. The third-order valence-electron chi connectivity index (χ3n) is 6.83. The van der Waals surface area contributed by atoms with E-state index in [2.05, 4.69) is 20.8 Å². The highest BCUT2D eigenvalue weighted by Gasteiger charge is 2.68. The van der Waals surface area contributed by atoms with Crippen LogP contribution in [-0.2, 0) is 15.7 Å². The predicted octanol–water partition coefficient (Wildman–Crippen LogP) is 2.24. The van der Waals surface area contributed by atoms with Crippen molar-refractivity contribution in [3.05, 3.63) is 23.8 Å². The Morgan fingerprint density at radius 1 is 1.25 bits per heavy atom. The number of benzene rings is 1. The zero-order valence-corrected chi connectivity index (χ0v) is 14.5. The van der Waals surface area contributed by atoms with E-state index in [9.17, 15) is 10.2 Å². The van der Waals surface area contributed by atoms with Crippen LogP contribution >= 0.6 is 0 Å². The first-order chi connectivity index (χ1) is 11.2. The molecule has 4 fully saturated rings. The Labute approximate surface area is 143 Å². The molecule has 130 valence electrons. The summed E-state index contributed by atoms with van der Waals surface area (Å²) >= 11 is 0. The molecule has 1 aromatic rings. The molecule has 3 saturated carbocycles. The van der Waals surface area contributed by atoms with Crippen LogP contribution in [0.3, 0.4) is 0 Å². The van der Waals surface area contributed by atoms with Crippen molar-refractivity contribution < 1.29 is 19.5 Å². The third-order valence-corrected chi connectivity index (χ3v) is 6.83. The van der Waals surface area contributed by atoms with Gasteiger partial charge in [0.05, 0.1) is 11.7 Å². The zero-order valence-electron chi connectivity index (χ0n) is 14.5. The van der Waals surface area contributed by atoms with Crippen LogP contribution in [0.4, 0.5) is 0 Å². The van der Waals surface area contributed by atoms with Gasteiger partial charge in [0.25, 0.3) is 0 Å². The Morgan fingerprint density at radius 3 is 2.67 bits per heavy atom. The SMILES string of the molecule is CC1(C)[C@@H]2C[C@H]3OB([C@@H](N)Cc4ccc(O)c(O)c4)O[C@@]3(C)[C@H]1C2. The van der Waals surface area contributed by atoms with Crippen LogP contribution in [0.1, 0.15) is 39.2 Å². The second kappa shape index (κ2) is 5.13. The lowest BCUT2D eigenvalue weighted by Gasteiger charge is -2.64. The summed E-state index contributed by atoms with van der Waals surface area (Å²) in [5, 5.41) is 19.0. The fraction of sp³-hybridized carbons (Fsp3) is 0.667. The van der Waals surface area contributed by atoms with E-state index in [1.54, 1.807) is 12.1 Å². The zero-order chi connectivity index (χ0) is 17.3. The van der Waals surface area contributed by atoms with Crippen LogP contribution in [0.25, 0.3) is 0 Å². The molecule has 4 N–H and O–H groups in total. The number of phenols is 2. The minimum absolute atomic E-state index is 0.124. The maximum Gasteiger partial charge on any atom is 0.475 e. The van der Waals surface area contributed by atoms with Crippen molar-refractivity contribution in [3.8, 4) is 11.5 Å². The van der Waals surface area contributed by atoms with E-state index >= 15 is 0 Å². The summed E-state index contributed by atoms with van der Waals surface area (Å²) in [6.07, 6.45) is 2.91. The highest BCUT2D eigenvalue weighted by molar-refractivity contribution is 6.47. The van der Waals surface area contributed by atoms with Gasteiger partial charge in [0, 0.05) is 5.94 Å². The van der Waals surface area contributed by atoms with Gasteiger partial charge in [-0.2, -0.15) is 0 Å². The van der Waals surface area contributed by atoms with E-state index < -0.39 is 7.12 Å². The first-order valence-corrected chi connectivity index (χ1v) is 8.81. The summed E-state index contributed by atoms with van der Waals surface area (Å²) in [7, 11) is -0.425. The molecule has 24 heavy (non-hydrogen) atoms. The summed E-state index contributed by atoms with van der Waals surface area (Å²) in [5.74, 6) is 0.672. The number of nitrogens with two attached hydrogens (primary N) is 1. The van der Waals surface area contributed by atoms with Crippen LogP contribution in [0.2, 0.25) is 0 Å². The molecule has 0 aromatic heterocycles. The Morgan fingerprint density at radius 2 is 2.00 bits per heavy atom. The average Bonchev–Trinajstić information content (AvgIpc) is 2.87. The topological polar surface area (TPSA) is 84.9 Å². The van der Waals surface area contributed by atoms with Gasteiger partial charge in [-0.25, -0.2) is 0 Å². The normalized spacial score (nSPS) is 37.7. The van der Waals surface area contributed by atoms with Crippen molar-refractivity contribution in [1.82, 2.24) is 0 Å². The Kier molecular flexibility index (Phi) is 3.47. The lowest BCUT2D eigenvalue weighted by atomic mass is 9.43. The standard InChI is InChI=1S/C18H26BNO4/c1-17(2)11-8-14(17)18(3)15(9-11)23-19(24-18)16(20)7-10-4-5-12(21)13(22)6-10/h4-6,11,14-16,21-22H,7-9,20H2,1-3H3/t11-,14-,15+,16-,18-/m0/s1. The molecule has 1 saturated heterocycles. The van der Waals surface area contributed by atoms with Crippen LogP contribution < -0.4 is 5.73 Å². The van der Waals surface area contributed by atoms with Crippen LogP contribution in [0.5, 0.6) is 11.5 Å². The van der Waals surface area contributed by atoms with Gasteiger partial charge >= 0.3 is 7.12 Å². The molecule has 6 heteroatoms. The summed E-state index contributed by atoms with van der Waals surface area (Å²) in [5.41, 5.74) is 7.26. The highest BCUT2D eigenvalue weighted by atomic mass is 16.7. The lowest BCUT2D eigenvalue weighted by molar-refractivity contribution is -0.199. The van der Waals surface area contributed by atoms with E-state index in [1.165, 1.54) is 12.5 Å². The first kappa shape index (κ1) is 16.2. The molecular formula is C18H26BNO4. The molecule has 5 rings (SSSR count). The maximum atomic E-state index is 9.63. The van der Waals surface area contributed by atoms with E-state index in [4.69, 9.17) is 15.0 Å². The summed E-state index contributed by atoms with van der Waals surface area (Å²) in [4.78, 5) is 0. The van der Waals surface area contributed by atoms with Gasteiger partial charge in [-0.15, -0.1) is 0 Å². The number of hydrogen-bond acceptors (Lipinski definition) is 5. The minimum Gasteiger partial charge on any atom is -0.504 e. The van der Waals surface area contributed by atoms with E-state index in [-0.39, 0.29) is 29.1 Å². The second-order valence-corrected chi connectivity index (χ2v) is 8.53. The van der Waals surface area contributed by atoms with Crippen molar-refractivity contribution in [2.24, 2.45) is 23.0 Å². The monoisotopic (exact) mass is 331 g/mol. The summed E-state index contributed by atoms with van der Waals surface area (Å²) < 4.78 is 12.6. The van der Waals surface area contributed by atoms with Crippen molar-refractivity contribution in [3.63, 3.8) is 0 Å². The number of hydrogen-bond donors (Lipinski definition) is 3. The molecular weight excluding hydrogens is 305 g/mol. The quantitative estimate of drug-likeness (QED) is 0.584. The fourth-order valence-corrected chi connectivity index (χ4v) is 5.15. The predicted molar refractivity (Wildman–Crippen MR) is 91.6 cm³/mol. The smallest absolute Gasteiger partial charge is 0.475 e. The molecule has 1 aromatic carbocycles. The molecule has 0 unspecified atom stereocenters. The van der Waals surface area contributed by atoms with Crippen LogP contribution in [-0.4, -0.2) is 35.0 Å². The molecule has 1 aliphatic heterocycles. The molecule has 1 heterocycles. The molecule has 0 amide bonds. The molecule has 3 aliphatic carbocycles. The molecule has 0 spiro atoms.